The van der Waals surface area contributed by atoms with Crippen LogP contribution in [-0.2, 0) is 6.54 Å². The maximum absolute atomic E-state index is 10.9. The summed E-state index contributed by atoms with van der Waals surface area (Å²) in [6.45, 7) is 10.1. The van der Waals surface area contributed by atoms with Gasteiger partial charge in [0.2, 0.25) is 0 Å². The van der Waals surface area contributed by atoms with E-state index in [2.05, 4.69) is 36.2 Å². The normalized spacial score (nSPS) is 46.7. The molecule has 4 saturated carbocycles. The zero-order chi connectivity index (χ0) is 21.1. The van der Waals surface area contributed by atoms with Gasteiger partial charge in [-0.05, 0) is 123 Å². The van der Waals surface area contributed by atoms with Crippen molar-refractivity contribution in [1.29, 1.82) is 0 Å². The molecular formula is C25H42N4O. The standard InChI is InChI=1S/C25H42N4O/c1-5-25(30)13-11-19-18(14-25)6-7-21-20(19)10-12-24(4)22(8-9-23(21)24)16(2)15-29-27-17(3)26-28-29/h16,18-23,30H,5-15H2,1-4H3/t16-,18-,19-,20+,21+,22+,23-,24+,25+/m0/s1. The van der Waals surface area contributed by atoms with E-state index in [9.17, 15) is 5.11 Å². The Bertz CT molecular complexity index is 764. The Labute approximate surface area is 182 Å². The van der Waals surface area contributed by atoms with Gasteiger partial charge in [-0.25, -0.2) is 0 Å². The quantitative estimate of drug-likeness (QED) is 0.751. The van der Waals surface area contributed by atoms with Crippen LogP contribution >= 0.6 is 0 Å². The minimum Gasteiger partial charge on any atom is -0.390 e. The van der Waals surface area contributed by atoms with Crippen molar-refractivity contribution in [3.63, 3.8) is 0 Å². The first-order chi connectivity index (χ1) is 14.3. The molecule has 4 aliphatic carbocycles. The SMILES string of the molecule is CC[C@@]1(O)CC[C@H]2[C@@H](CC[C@@H]3[C@@H]2CC[C@]2(C)[C@@H]([C@@H](C)Cn4nnc(C)n4)CC[C@@H]32)C1. The van der Waals surface area contributed by atoms with E-state index in [0.29, 0.717) is 11.3 Å². The van der Waals surface area contributed by atoms with Crippen LogP contribution in [0.15, 0.2) is 0 Å². The Morgan fingerprint density at radius 2 is 1.87 bits per heavy atom. The van der Waals surface area contributed by atoms with E-state index >= 15 is 0 Å². The third kappa shape index (κ3) is 3.34. The number of hydrogen-bond acceptors (Lipinski definition) is 4. The van der Waals surface area contributed by atoms with Crippen molar-refractivity contribution in [2.24, 2.45) is 46.8 Å². The maximum atomic E-state index is 10.9. The van der Waals surface area contributed by atoms with E-state index in [0.717, 1.165) is 67.1 Å². The molecule has 0 aromatic carbocycles. The Kier molecular flexibility index (Phi) is 5.27. The van der Waals surface area contributed by atoms with Crippen LogP contribution in [0.3, 0.4) is 0 Å². The molecule has 30 heavy (non-hydrogen) atoms. The number of rotatable bonds is 4. The zero-order valence-electron chi connectivity index (χ0n) is 19.6. The van der Waals surface area contributed by atoms with Crippen molar-refractivity contribution < 1.29 is 5.11 Å². The van der Waals surface area contributed by atoms with Gasteiger partial charge < -0.3 is 5.11 Å². The fraction of sp³-hybridized carbons (Fsp3) is 0.960. The average Bonchev–Trinajstić information content (AvgIpc) is 3.29. The molecule has 1 aromatic heterocycles. The number of hydrogen-bond donors (Lipinski definition) is 1. The lowest BCUT2D eigenvalue weighted by Gasteiger charge is -2.57. The number of nitrogens with zero attached hydrogens (tertiary/aromatic N) is 4. The largest absolute Gasteiger partial charge is 0.390 e. The molecule has 9 atom stereocenters. The summed E-state index contributed by atoms with van der Waals surface area (Å²) in [7, 11) is 0. The Morgan fingerprint density at radius 1 is 1.07 bits per heavy atom. The highest BCUT2D eigenvalue weighted by molar-refractivity contribution is 5.07. The summed E-state index contributed by atoms with van der Waals surface area (Å²) in [5.74, 6) is 6.60. The highest BCUT2D eigenvalue weighted by Crippen LogP contribution is 2.65. The van der Waals surface area contributed by atoms with Gasteiger partial charge in [0, 0.05) is 0 Å². The summed E-state index contributed by atoms with van der Waals surface area (Å²) in [5, 5.41) is 23.7. The average molecular weight is 415 g/mol. The molecule has 0 saturated heterocycles. The van der Waals surface area contributed by atoms with Gasteiger partial charge >= 0.3 is 0 Å². The highest BCUT2D eigenvalue weighted by atomic mass is 16.3. The molecule has 0 unspecified atom stereocenters. The fourth-order valence-electron chi connectivity index (χ4n) is 9.04. The Hall–Kier alpha value is -0.970. The second kappa shape index (κ2) is 7.56. The first kappa shape index (κ1) is 20.9. The molecule has 0 bridgehead atoms. The number of aromatic nitrogens is 4. The molecule has 5 nitrogen and oxygen atoms in total. The van der Waals surface area contributed by atoms with Crippen molar-refractivity contribution in [3.05, 3.63) is 5.82 Å². The number of fused-ring (bicyclic) bond motifs is 5. The lowest BCUT2D eigenvalue weighted by Crippen LogP contribution is -2.51. The van der Waals surface area contributed by atoms with Crippen LogP contribution in [0.2, 0.25) is 0 Å². The molecule has 0 amide bonds. The second-order valence-corrected chi connectivity index (χ2v) is 11.9. The highest BCUT2D eigenvalue weighted by Gasteiger charge is 2.58. The van der Waals surface area contributed by atoms with Gasteiger partial charge in [0.25, 0.3) is 0 Å². The van der Waals surface area contributed by atoms with Crippen molar-refractivity contribution in [2.75, 3.05) is 0 Å². The van der Waals surface area contributed by atoms with Gasteiger partial charge in [0.05, 0.1) is 12.1 Å². The van der Waals surface area contributed by atoms with Crippen LogP contribution in [-0.4, -0.2) is 30.9 Å². The topological polar surface area (TPSA) is 63.8 Å². The predicted molar refractivity (Wildman–Crippen MR) is 118 cm³/mol. The van der Waals surface area contributed by atoms with E-state index in [1.807, 2.05) is 11.7 Å². The number of aryl methyl sites for hydroxylation is 1. The molecule has 0 radical (unpaired) electrons. The van der Waals surface area contributed by atoms with Gasteiger partial charge in [0.15, 0.2) is 5.82 Å². The number of tetrazole rings is 1. The second-order valence-electron chi connectivity index (χ2n) is 11.9. The van der Waals surface area contributed by atoms with E-state index in [1.54, 1.807) is 0 Å². The molecule has 5 heteroatoms. The molecule has 0 spiro atoms. The summed E-state index contributed by atoms with van der Waals surface area (Å²) in [6, 6.07) is 0. The summed E-state index contributed by atoms with van der Waals surface area (Å²) >= 11 is 0. The van der Waals surface area contributed by atoms with Crippen LogP contribution in [0.4, 0.5) is 0 Å². The molecule has 1 N–H and O–H groups in total. The van der Waals surface area contributed by atoms with E-state index in [1.165, 1.54) is 44.9 Å². The summed E-state index contributed by atoms with van der Waals surface area (Å²) in [4.78, 5) is 1.82. The smallest absolute Gasteiger partial charge is 0.171 e. The van der Waals surface area contributed by atoms with Crippen molar-refractivity contribution in [1.82, 2.24) is 20.2 Å². The molecule has 4 aliphatic rings. The van der Waals surface area contributed by atoms with Crippen LogP contribution in [0.5, 0.6) is 0 Å². The van der Waals surface area contributed by atoms with Crippen molar-refractivity contribution in [2.45, 2.75) is 104 Å². The third-order valence-electron chi connectivity index (χ3n) is 10.5. The lowest BCUT2D eigenvalue weighted by atomic mass is 9.48. The molecule has 1 aromatic rings. The van der Waals surface area contributed by atoms with E-state index in [-0.39, 0.29) is 5.60 Å². The van der Waals surface area contributed by atoms with Gasteiger partial charge in [-0.1, -0.05) is 20.8 Å². The zero-order valence-corrected chi connectivity index (χ0v) is 19.6. The monoisotopic (exact) mass is 414 g/mol. The van der Waals surface area contributed by atoms with Crippen LogP contribution < -0.4 is 0 Å². The maximum Gasteiger partial charge on any atom is 0.171 e. The van der Waals surface area contributed by atoms with Crippen LogP contribution in [0.25, 0.3) is 0 Å². The lowest BCUT2D eigenvalue weighted by molar-refractivity contribution is -0.109. The molecular weight excluding hydrogens is 372 g/mol. The van der Waals surface area contributed by atoms with Crippen LogP contribution in [0.1, 0.15) is 90.8 Å². The van der Waals surface area contributed by atoms with Crippen molar-refractivity contribution >= 4 is 0 Å². The first-order valence-electron chi connectivity index (χ1n) is 12.8. The Balaban J connectivity index is 1.29. The third-order valence-corrected chi connectivity index (χ3v) is 10.5. The fourth-order valence-corrected chi connectivity index (χ4v) is 9.04. The van der Waals surface area contributed by atoms with Gasteiger partial charge in [-0.2, -0.15) is 4.80 Å². The molecule has 4 fully saturated rings. The Morgan fingerprint density at radius 3 is 2.60 bits per heavy atom. The number of aliphatic hydroxyl groups is 1. The minimum absolute atomic E-state index is 0.362. The summed E-state index contributed by atoms with van der Waals surface area (Å²) in [5.41, 5.74) is 0.126. The van der Waals surface area contributed by atoms with E-state index in [4.69, 9.17) is 0 Å². The molecule has 0 aliphatic heterocycles. The molecule has 1 heterocycles. The minimum atomic E-state index is -0.362. The van der Waals surface area contributed by atoms with Gasteiger partial charge in [0.1, 0.15) is 0 Å². The van der Waals surface area contributed by atoms with E-state index < -0.39 is 0 Å². The predicted octanol–water partition coefficient (Wildman–Crippen LogP) is 5.03. The molecule has 5 rings (SSSR count). The summed E-state index contributed by atoms with van der Waals surface area (Å²) < 4.78 is 0. The van der Waals surface area contributed by atoms with Gasteiger partial charge in [-0.3, -0.25) is 0 Å². The summed E-state index contributed by atoms with van der Waals surface area (Å²) in [6.07, 6.45) is 12.7. The van der Waals surface area contributed by atoms with Gasteiger partial charge in [-0.15, -0.1) is 10.2 Å². The molecule has 168 valence electrons. The first-order valence-corrected chi connectivity index (χ1v) is 12.8. The van der Waals surface area contributed by atoms with Crippen molar-refractivity contribution in [3.8, 4) is 0 Å². The van der Waals surface area contributed by atoms with Crippen LogP contribution in [0, 0.1) is 53.8 Å².